The van der Waals surface area contributed by atoms with Gasteiger partial charge in [0.2, 0.25) is 5.89 Å². The molecule has 0 unspecified atom stereocenters. The third-order valence-corrected chi connectivity index (χ3v) is 5.39. The average Bonchev–Trinajstić information content (AvgIpc) is 3.27. The van der Waals surface area contributed by atoms with E-state index in [0.29, 0.717) is 30.4 Å². The molecular weight excluding hydrogens is 456 g/mol. The molecule has 0 spiro atoms. The molecule has 4 rings (SSSR count). The number of ether oxygens (including phenoxy) is 1. The quantitative estimate of drug-likeness (QED) is 0.195. The molecule has 1 aromatic heterocycles. The Kier molecular flexibility index (Phi) is 7.87. The molecule has 8 heteroatoms. The number of hydrogen-bond donors (Lipinski definition) is 3. The van der Waals surface area contributed by atoms with Crippen molar-refractivity contribution >= 4 is 23.1 Å². The van der Waals surface area contributed by atoms with Gasteiger partial charge in [-0.1, -0.05) is 48.5 Å². The van der Waals surface area contributed by atoms with E-state index in [0.717, 1.165) is 22.6 Å². The lowest BCUT2D eigenvalue weighted by Crippen LogP contribution is -2.25. The zero-order valence-electron chi connectivity index (χ0n) is 19.8. The van der Waals surface area contributed by atoms with Crippen molar-refractivity contribution in [1.82, 2.24) is 4.98 Å². The second-order valence-electron chi connectivity index (χ2n) is 8.03. The van der Waals surface area contributed by atoms with Gasteiger partial charge in [0.1, 0.15) is 11.5 Å². The second kappa shape index (κ2) is 11.6. The number of hydrogen-bond acceptors (Lipinski definition) is 7. The number of rotatable bonds is 11. The summed E-state index contributed by atoms with van der Waals surface area (Å²) in [5.41, 5.74) is 5.59. The summed E-state index contributed by atoms with van der Waals surface area (Å²) >= 11 is 0. The van der Waals surface area contributed by atoms with Crippen molar-refractivity contribution in [2.24, 2.45) is 5.10 Å². The van der Waals surface area contributed by atoms with Crippen molar-refractivity contribution in [2.75, 3.05) is 12.0 Å². The molecule has 0 radical (unpaired) electrons. The Balaban J connectivity index is 1.40. The maximum atomic E-state index is 11.4. The van der Waals surface area contributed by atoms with E-state index in [1.165, 1.54) is 0 Å². The third kappa shape index (κ3) is 6.44. The number of hydrazone groups is 1. The van der Waals surface area contributed by atoms with Crippen LogP contribution in [0.5, 0.6) is 5.75 Å². The highest BCUT2D eigenvalue weighted by molar-refractivity contribution is 6.64. The topological polar surface area (TPSA) is 121 Å². The molecule has 0 aliphatic carbocycles. The van der Waals surface area contributed by atoms with E-state index in [9.17, 15) is 9.90 Å². The van der Waals surface area contributed by atoms with Gasteiger partial charge >= 0.3 is 5.97 Å². The van der Waals surface area contributed by atoms with Crippen LogP contribution in [0.2, 0.25) is 0 Å². The van der Waals surface area contributed by atoms with Gasteiger partial charge in [-0.05, 0) is 48.9 Å². The summed E-state index contributed by atoms with van der Waals surface area (Å²) in [5.74, 6) is 0.634. The average molecular weight is 483 g/mol. The fourth-order valence-corrected chi connectivity index (χ4v) is 3.52. The molecule has 0 fully saturated rings. The molecule has 36 heavy (non-hydrogen) atoms. The Morgan fingerprint density at radius 3 is 2.50 bits per heavy atom. The molecule has 0 amide bonds. The second-order valence-corrected chi connectivity index (χ2v) is 8.03. The summed E-state index contributed by atoms with van der Waals surface area (Å²) < 4.78 is 11.7. The first kappa shape index (κ1) is 24.4. The lowest BCUT2D eigenvalue weighted by molar-refractivity contribution is -0.129. The fourth-order valence-electron chi connectivity index (χ4n) is 3.52. The number of carbonyl (C=O) groups is 1. The molecule has 1 heterocycles. The fraction of sp³-hybridized carbons (Fsp3) is 0.143. The first-order valence-electron chi connectivity index (χ1n) is 11.4. The standard InChI is InChI=1S/C28H26N4O4/c1-19-24(30-27(36-19)21-10-4-2-5-11-21)15-16-35-23-14-8-9-20(17-23)18-25(26(29)28(33)34)32-31-22-12-6-3-7-13-22/h2-14,17,29,31H,15-16,18H2,1H3,(H,33,34)/b29-26?,32-25-. The number of oxazole rings is 1. The van der Waals surface area contributed by atoms with Gasteiger partial charge in [0.25, 0.3) is 0 Å². The minimum Gasteiger partial charge on any atom is -0.493 e. The summed E-state index contributed by atoms with van der Waals surface area (Å²) in [5, 5.41) is 21.5. The van der Waals surface area contributed by atoms with E-state index < -0.39 is 11.7 Å². The van der Waals surface area contributed by atoms with E-state index in [1.54, 1.807) is 12.1 Å². The van der Waals surface area contributed by atoms with Crippen LogP contribution < -0.4 is 10.2 Å². The zero-order valence-corrected chi connectivity index (χ0v) is 19.8. The van der Waals surface area contributed by atoms with E-state index >= 15 is 0 Å². The SMILES string of the molecule is Cc1oc(-c2ccccc2)nc1CCOc1cccc(C/C(=N/Nc2ccccc2)C(=N)C(=O)O)c1. The van der Waals surface area contributed by atoms with Gasteiger partial charge in [0, 0.05) is 18.4 Å². The minimum absolute atomic E-state index is 0.107. The number of benzene rings is 3. The monoisotopic (exact) mass is 482 g/mol. The molecule has 0 bridgehead atoms. The van der Waals surface area contributed by atoms with Crippen molar-refractivity contribution in [3.63, 3.8) is 0 Å². The Morgan fingerprint density at radius 2 is 1.78 bits per heavy atom. The van der Waals surface area contributed by atoms with Crippen LogP contribution in [-0.2, 0) is 17.6 Å². The van der Waals surface area contributed by atoms with Crippen LogP contribution in [0.4, 0.5) is 5.69 Å². The number of aliphatic carboxylic acids is 1. The van der Waals surface area contributed by atoms with Crippen LogP contribution in [0, 0.1) is 12.3 Å². The van der Waals surface area contributed by atoms with Crippen LogP contribution in [0.15, 0.2) is 94.4 Å². The van der Waals surface area contributed by atoms with Gasteiger partial charge < -0.3 is 14.3 Å². The van der Waals surface area contributed by atoms with Crippen LogP contribution in [0.25, 0.3) is 11.5 Å². The van der Waals surface area contributed by atoms with Crippen molar-refractivity contribution in [1.29, 1.82) is 5.41 Å². The number of para-hydroxylation sites is 1. The van der Waals surface area contributed by atoms with Crippen molar-refractivity contribution < 1.29 is 19.1 Å². The van der Waals surface area contributed by atoms with Gasteiger partial charge in [-0.3, -0.25) is 10.8 Å². The molecule has 0 saturated carbocycles. The molecular formula is C28H26N4O4. The summed E-state index contributed by atoms with van der Waals surface area (Å²) in [6, 6.07) is 26.2. The molecule has 0 atom stereocenters. The number of carboxylic acid groups (broad SMARTS) is 1. The van der Waals surface area contributed by atoms with Gasteiger partial charge in [0.05, 0.1) is 23.7 Å². The number of nitrogens with zero attached hydrogens (tertiary/aromatic N) is 2. The highest BCUT2D eigenvalue weighted by Gasteiger charge is 2.17. The third-order valence-electron chi connectivity index (χ3n) is 5.39. The molecule has 0 saturated heterocycles. The minimum atomic E-state index is -1.34. The summed E-state index contributed by atoms with van der Waals surface area (Å²) in [6.45, 7) is 2.28. The molecule has 3 aromatic carbocycles. The molecule has 182 valence electrons. The number of anilines is 1. The van der Waals surface area contributed by atoms with Crippen LogP contribution in [0.3, 0.4) is 0 Å². The summed E-state index contributed by atoms with van der Waals surface area (Å²) in [4.78, 5) is 16.0. The van der Waals surface area contributed by atoms with E-state index in [2.05, 4.69) is 15.5 Å². The Morgan fingerprint density at radius 1 is 1.06 bits per heavy atom. The van der Waals surface area contributed by atoms with E-state index in [-0.39, 0.29) is 12.1 Å². The van der Waals surface area contributed by atoms with Crippen molar-refractivity contribution in [3.05, 3.63) is 102 Å². The van der Waals surface area contributed by atoms with E-state index in [4.69, 9.17) is 14.6 Å². The first-order valence-corrected chi connectivity index (χ1v) is 11.4. The summed E-state index contributed by atoms with van der Waals surface area (Å²) in [6.07, 6.45) is 0.731. The largest absolute Gasteiger partial charge is 0.493 e. The molecule has 0 aliphatic heterocycles. The first-order chi connectivity index (χ1) is 17.5. The molecule has 4 aromatic rings. The van der Waals surface area contributed by atoms with Crippen LogP contribution in [-0.4, -0.2) is 34.1 Å². The summed E-state index contributed by atoms with van der Waals surface area (Å²) in [7, 11) is 0. The molecule has 0 aliphatic rings. The van der Waals surface area contributed by atoms with Gasteiger partial charge in [-0.2, -0.15) is 5.10 Å². The lowest BCUT2D eigenvalue weighted by Gasteiger charge is -2.10. The van der Waals surface area contributed by atoms with Gasteiger partial charge in [-0.15, -0.1) is 0 Å². The predicted octanol–water partition coefficient (Wildman–Crippen LogP) is 5.39. The van der Waals surface area contributed by atoms with Crippen LogP contribution in [0.1, 0.15) is 17.0 Å². The normalized spacial score (nSPS) is 11.2. The number of aryl methyl sites for hydroxylation is 1. The van der Waals surface area contributed by atoms with E-state index in [1.807, 2.05) is 79.7 Å². The Bertz CT molecular complexity index is 1360. The lowest BCUT2D eigenvalue weighted by atomic mass is 10.0. The Labute approximate surface area is 208 Å². The number of carboxylic acids is 1. The highest BCUT2D eigenvalue weighted by atomic mass is 16.5. The van der Waals surface area contributed by atoms with Gasteiger partial charge in [-0.25, -0.2) is 9.78 Å². The van der Waals surface area contributed by atoms with Gasteiger partial charge in [0.15, 0.2) is 5.71 Å². The number of aromatic nitrogens is 1. The van der Waals surface area contributed by atoms with Crippen molar-refractivity contribution in [2.45, 2.75) is 19.8 Å². The zero-order chi connectivity index (χ0) is 25.3. The van der Waals surface area contributed by atoms with Crippen LogP contribution >= 0.6 is 0 Å². The maximum absolute atomic E-state index is 11.4. The molecule has 8 nitrogen and oxygen atoms in total. The predicted molar refractivity (Wildman–Crippen MR) is 139 cm³/mol. The smallest absolute Gasteiger partial charge is 0.355 e. The maximum Gasteiger partial charge on any atom is 0.355 e. The Hall–Kier alpha value is -4.72. The van der Waals surface area contributed by atoms with Crippen molar-refractivity contribution in [3.8, 4) is 17.2 Å². The number of nitrogens with one attached hydrogen (secondary N) is 2. The highest BCUT2D eigenvalue weighted by Crippen LogP contribution is 2.22. The molecule has 3 N–H and O–H groups in total.